The fraction of sp³-hybridized carbons (Fsp3) is 0.364. The molecule has 0 aromatic heterocycles. The number of nitrogens with two attached hydrogens (primary N) is 1. The Labute approximate surface area is 160 Å². The lowest BCUT2D eigenvalue weighted by Gasteiger charge is -2.25. The van der Waals surface area contributed by atoms with Gasteiger partial charge in [0.1, 0.15) is 0 Å². The Morgan fingerprint density at radius 2 is 1.85 bits per heavy atom. The quantitative estimate of drug-likeness (QED) is 0.819. The Morgan fingerprint density at radius 3 is 2.52 bits per heavy atom. The molecular formula is C22H27N3O2. The molecule has 0 radical (unpaired) electrons. The summed E-state index contributed by atoms with van der Waals surface area (Å²) in [5.74, 6) is -0.165. The van der Waals surface area contributed by atoms with Crippen molar-refractivity contribution in [2.24, 2.45) is 5.73 Å². The maximum Gasteiger partial charge on any atom is 0.254 e. The van der Waals surface area contributed by atoms with Crippen molar-refractivity contribution in [3.05, 3.63) is 65.7 Å². The number of nitrogens with zero attached hydrogens (tertiary/aromatic N) is 1. The smallest absolute Gasteiger partial charge is 0.254 e. The molecule has 142 valence electrons. The van der Waals surface area contributed by atoms with E-state index in [9.17, 15) is 9.59 Å². The number of carbonyl (C=O) groups excluding carboxylic acids is 2. The van der Waals surface area contributed by atoms with Crippen molar-refractivity contribution in [1.82, 2.24) is 4.90 Å². The molecule has 27 heavy (non-hydrogen) atoms. The maximum absolute atomic E-state index is 13.0. The second kappa shape index (κ2) is 8.82. The van der Waals surface area contributed by atoms with Crippen molar-refractivity contribution in [1.29, 1.82) is 0 Å². The van der Waals surface area contributed by atoms with Gasteiger partial charge < -0.3 is 16.0 Å². The minimum atomic E-state index is -0.507. The summed E-state index contributed by atoms with van der Waals surface area (Å²) < 4.78 is 0. The number of amides is 2. The third kappa shape index (κ3) is 4.55. The Hall–Kier alpha value is -2.66. The molecule has 0 saturated carbocycles. The molecule has 2 amide bonds. The number of rotatable bonds is 6. The van der Waals surface area contributed by atoms with Crippen molar-refractivity contribution in [3.63, 3.8) is 0 Å². The summed E-state index contributed by atoms with van der Waals surface area (Å²) in [5, 5.41) is 2.81. The summed E-state index contributed by atoms with van der Waals surface area (Å²) in [6.45, 7) is 2.76. The van der Waals surface area contributed by atoms with Crippen LogP contribution in [0.25, 0.3) is 0 Å². The number of likely N-dealkylation sites (tertiary alicyclic amines) is 1. The zero-order valence-corrected chi connectivity index (χ0v) is 15.7. The molecule has 1 saturated heterocycles. The van der Waals surface area contributed by atoms with Crippen LogP contribution >= 0.6 is 0 Å². The van der Waals surface area contributed by atoms with Gasteiger partial charge >= 0.3 is 0 Å². The number of nitrogens with one attached hydrogen (secondary N) is 1. The molecule has 3 N–H and O–H groups in total. The van der Waals surface area contributed by atoms with E-state index in [0.29, 0.717) is 17.7 Å². The standard InChI is InChI=1S/C22H27N3O2/c1-2-7-19(23)21(26)24-18-13-11-17(12-14-18)22(27)25-15-6-10-20(25)16-8-4-3-5-9-16/h3-5,8-9,11-14,19-20H,2,6-7,10,15,23H2,1H3,(H,24,26). The predicted octanol–water partition coefficient (Wildman–Crippen LogP) is 3.73. The van der Waals surface area contributed by atoms with Crippen molar-refractivity contribution in [3.8, 4) is 0 Å². The Balaban J connectivity index is 1.68. The first kappa shape index (κ1) is 19.1. The van der Waals surface area contributed by atoms with E-state index >= 15 is 0 Å². The topological polar surface area (TPSA) is 75.4 Å². The molecule has 2 atom stereocenters. The third-order valence-corrected chi connectivity index (χ3v) is 5.03. The summed E-state index contributed by atoms with van der Waals surface area (Å²) in [6.07, 6.45) is 3.51. The van der Waals surface area contributed by atoms with Gasteiger partial charge in [0.15, 0.2) is 0 Å². The Morgan fingerprint density at radius 1 is 1.15 bits per heavy atom. The highest BCUT2D eigenvalue weighted by atomic mass is 16.2. The second-order valence-corrected chi connectivity index (χ2v) is 7.03. The fourth-order valence-corrected chi connectivity index (χ4v) is 3.57. The van der Waals surface area contributed by atoms with Crippen molar-refractivity contribution >= 4 is 17.5 Å². The van der Waals surface area contributed by atoms with Crippen LogP contribution < -0.4 is 11.1 Å². The van der Waals surface area contributed by atoms with Crippen LogP contribution in [0.5, 0.6) is 0 Å². The zero-order chi connectivity index (χ0) is 19.2. The maximum atomic E-state index is 13.0. The Bertz CT molecular complexity index is 774. The van der Waals surface area contributed by atoms with Crippen LogP contribution in [0, 0.1) is 0 Å². The third-order valence-electron chi connectivity index (χ3n) is 5.03. The van der Waals surface area contributed by atoms with E-state index in [1.165, 1.54) is 5.56 Å². The molecule has 2 aromatic carbocycles. The van der Waals surface area contributed by atoms with Crippen LogP contribution in [0.3, 0.4) is 0 Å². The van der Waals surface area contributed by atoms with Crippen molar-refractivity contribution in [2.75, 3.05) is 11.9 Å². The molecule has 1 fully saturated rings. The first-order chi connectivity index (χ1) is 13.1. The molecule has 1 aliphatic heterocycles. The number of carbonyl (C=O) groups is 2. The van der Waals surface area contributed by atoms with Gasteiger partial charge in [-0.25, -0.2) is 0 Å². The molecule has 0 aliphatic carbocycles. The molecule has 0 spiro atoms. The normalized spacial score (nSPS) is 17.6. The largest absolute Gasteiger partial charge is 0.332 e. The molecular weight excluding hydrogens is 338 g/mol. The van der Waals surface area contributed by atoms with Crippen LogP contribution in [-0.4, -0.2) is 29.3 Å². The van der Waals surface area contributed by atoms with Crippen molar-refractivity contribution < 1.29 is 9.59 Å². The number of hydrogen-bond donors (Lipinski definition) is 2. The Kier molecular flexibility index (Phi) is 6.24. The molecule has 0 bridgehead atoms. The van der Waals surface area contributed by atoms with Crippen LogP contribution in [0.1, 0.15) is 54.6 Å². The van der Waals surface area contributed by atoms with Gasteiger partial charge in [0, 0.05) is 17.8 Å². The van der Waals surface area contributed by atoms with Gasteiger partial charge in [-0.3, -0.25) is 9.59 Å². The van der Waals surface area contributed by atoms with E-state index in [4.69, 9.17) is 5.73 Å². The van der Waals surface area contributed by atoms with Crippen LogP contribution in [0.4, 0.5) is 5.69 Å². The van der Waals surface area contributed by atoms with Crippen molar-refractivity contribution in [2.45, 2.75) is 44.7 Å². The monoisotopic (exact) mass is 365 g/mol. The van der Waals surface area contributed by atoms with Crippen LogP contribution in [-0.2, 0) is 4.79 Å². The van der Waals surface area contributed by atoms with Gasteiger partial charge in [-0.2, -0.15) is 0 Å². The molecule has 1 aliphatic rings. The van der Waals surface area contributed by atoms with E-state index < -0.39 is 6.04 Å². The summed E-state index contributed by atoms with van der Waals surface area (Å²) in [4.78, 5) is 26.9. The van der Waals surface area contributed by atoms with Gasteiger partial charge in [-0.05, 0) is 49.1 Å². The number of hydrogen-bond acceptors (Lipinski definition) is 3. The van der Waals surface area contributed by atoms with E-state index in [2.05, 4.69) is 17.4 Å². The molecule has 5 nitrogen and oxygen atoms in total. The molecule has 2 unspecified atom stereocenters. The highest BCUT2D eigenvalue weighted by molar-refractivity contribution is 5.97. The molecule has 3 rings (SSSR count). The number of anilines is 1. The summed E-state index contributed by atoms with van der Waals surface area (Å²) in [6, 6.07) is 16.8. The van der Waals surface area contributed by atoms with Gasteiger partial charge in [0.25, 0.3) is 5.91 Å². The van der Waals surface area contributed by atoms with Crippen LogP contribution in [0.15, 0.2) is 54.6 Å². The average Bonchev–Trinajstić information content (AvgIpc) is 3.18. The first-order valence-corrected chi connectivity index (χ1v) is 9.62. The minimum absolute atomic E-state index is 0.0295. The fourth-order valence-electron chi connectivity index (χ4n) is 3.57. The van der Waals surface area contributed by atoms with Gasteiger partial charge in [-0.1, -0.05) is 43.7 Å². The molecule has 1 heterocycles. The highest BCUT2D eigenvalue weighted by Gasteiger charge is 2.30. The predicted molar refractivity (Wildman–Crippen MR) is 107 cm³/mol. The first-order valence-electron chi connectivity index (χ1n) is 9.62. The minimum Gasteiger partial charge on any atom is -0.332 e. The summed E-state index contributed by atoms with van der Waals surface area (Å²) in [5.41, 5.74) is 8.30. The lowest BCUT2D eigenvalue weighted by Crippen LogP contribution is -2.35. The zero-order valence-electron chi connectivity index (χ0n) is 15.7. The van der Waals surface area contributed by atoms with E-state index in [0.717, 1.165) is 25.8 Å². The van der Waals surface area contributed by atoms with Gasteiger partial charge in [0.05, 0.1) is 12.1 Å². The highest BCUT2D eigenvalue weighted by Crippen LogP contribution is 2.33. The van der Waals surface area contributed by atoms with Gasteiger partial charge in [0.2, 0.25) is 5.91 Å². The summed E-state index contributed by atoms with van der Waals surface area (Å²) in [7, 11) is 0. The van der Waals surface area contributed by atoms with E-state index in [1.54, 1.807) is 24.3 Å². The molecule has 5 heteroatoms. The van der Waals surface area contributed by atoms with E-state index in [1.807, 2.05) is 30.0 Å². The molecule has 2 aromatic rings. The lowest BCUT2D eigenvalue weighted by atomic mass is 10.0. The lowest BCUT2D eigenvalue weighted by molar-refractivity contribution is -0.117. The second-order valence-electron chi connectivity index (χ2n) is 7.03. The SMILES string of the molecule is CCCC(N)C(=O)Nc1ccc(C(=O)N2CCCC2c2ccccc2)cc1. The number of benzene rings is 2. The summed E-state index contributed by atoms with van der Waals surface area (Å²) >= 11 is 0. The van der Waals surface area contributed by atoms with E-state index in [-0.39, 0.29) is 17.9 Å². The van der Waals surface area contributed by atoms with Crippen LogP contribution in [0.2, 0.25) is 0 Å². The average molecular weight is 365 g/mol. The van der Waals surface area contributed by atoms with Gasteiger partial charge in [-0.15, -0.1) is 0 Å².